The smallest absolute Gasteiger partial charge is 0.235 e. The summed E-state index contributed by atoms with van der Waals surface area (Å²) in [5, 5.41) is 4.87. The first-order valence-corrected chi connectivity index (χ1v) is 9.60. The quantitative estimate of drug-likeness (QED) is 0.895. The molecular weight excluding hydrogens is 346 g/mol. The molecule has 1 unspecified atom stereocenters. The van der Waals surface area contributed by atoms with Crippen LogP contribution in [0, 0.1) is 5.92 Å². The fourth-order valence-corrected chi connectivity index (χ4v) is 4.63. The summed E-state index contributed by atoms with van der Waals surface area (Å²) in [5.74, 6) is -0.315. The Balaban J connectivity index is 1.75. The van der Waals surface area contributed by atoms with Gasteiger partial charge in [0.25, 0.3) is 0 Å². The number of aromatic nitrogens is 1. The number of aliphatic imine (C=N–C) groups is 1. The van der Waals surface area contributed by atoms with Gasteiger partial charge in [-0.3, -0.25) is 14.6 Å². The Morgan fingerprint density at radius 1 is 1.23 bits per heavy atom. The molecule has 6 heteroatoms. The maximum atomic E-state index is 13.1. The second-order valence-electron chi connectivity index (χ2n) is 6.57. The third kappa shape index (κ3) is 3.01. The van der Waals surface area contributed by atoms with E-state index in [4.69, 9.17) is 0 Å². The number of nitrogens with zero attached hydrogens (tertiary/aromatic N) is 2. The third-order valence-corrected chi connectivity index (χ3v) is 5.84. The molecule has 1 N–H and O–H groups in total. The van der Waals surface area contributed by atoms with Crippen molar-refractivity contribution in [2.24, 2.45) is 10.9 Å². The van der Waals surface area contributed by atoms with Gasteiger partial charge in [-0.1, -0.05) is 12.1 Å². The normalized spacial score (nSPS) is 22.7. The summed E-state index contributed by atoms with van der Waals surface area (Å²) in [6.07, 6.45) is 3.80. The highest BCUT2D eigenvalue weighted by Crippen LogP contribution is 2.44. The van der Waals surface area contributed by atoms with Crippen LogP contribution in [-0.4, -0.2) is 22.4 Å². The number of hydrogen-bond donors (Lipinski definition) is 1. The van der Waals surface area contributed by atoms with Gasteiger partial charge in [0.15, 0.2) is 5.78 Å². The zero-order chi connectivity index (χ0) is 18.1. The predicted octanol–water partition coefficient (Wildman–Crippen LogP) is 3.96. The Morgan fingerprint density at radius 2 is 2.12 bits per heavy atom. The van der Waals surface area contributed by atoms with Crippen LogP contribution in [0.25, 0.3) is 0 Å². The Kier molecular flexibility index (Phi) is 4.51. The van der Waals surface area contributed by atoms with Crippen molar-refractivity contribution in [3.8, 4) is 0 Å². The van der Waals surface area contributed by atoms with Gasteiger partial charge in [-0.05, 0) is 43.3 Å². The minimum atomic E-state index is -0.503. The molecule has 132 valence electrons. The average molecular weight is 365 g/mol. The summed E-state index contributed by atoms with van der Waals surface area (Å²) < 4.78 is 0. The van der Waals surface area contributed by atoms with Gasteiger partial charge in [0, 0.05) is 40.4 Å². The molecule has 2 aromatic rings. The van der Waals surface area contributed by atoms with Crippen molar-refractivity contribution in [2.75, 3.05) is 5.32 Å². The largest absolute Gasteiger partial charge is 0.310 e. The summed E-state index contributed by atoms with van der Waals surface area (Å²) in [4.78, 5) is 35.7. The molecule has 2 aliphatic rings. The summed E-state index contributed by atoms with van der Waals surface area (Å²) >= 11 is 1.58. The number of carbonyl (C=O) groups is 2. The molecule has 1 aliphatic carbocycles. The maximum absolute atomic E-state index is 13.1. The SMILES string of the molecule is CC1=NC2=C(C(=O)CCC2)[C@H](c2cccs2)C1C(=O)Nc1ccccn1. The number of thiophene rings is 1. The first-order chi connectivity index (χ1) is 12.6. The Labute approximate surface area is 155 Å². The second kappa shape index (κ2) is 6.96. The zero-order valence-corrected chi connectivity index (χ0v) is 15.3. The molecule has 1 aliphatic heterocycles. The Bertz CT molecular complexity index is 900. The van der Waals surface area contributed by atoms with Gasteiger partial charge in [0.05, 0.1) is 5.92 Å². The highest BCUT2D eigenvalue weighted by Gasteiger charge is 2.42. The van der Waals surface area contributed by atoms with Crippen LogP contribution in [0.2, 0.25) is 0 Å². The lowest BCUT2D eigenvalue weighted by Gasteiger charge is -2.34. The fraction of sp³-hybridized carbons (Fsp3) is 0.300. The molecule has 0 saturated carbocycles. The summed E-state index contributed by atoms with van der Waals surface area (Å²) in [7, 11) is 0. The van der Waals surface area contributed by atoms with Crippen LogP contribution in [-0.2, 0) is 9.59 Å². The molecule has 3 heterocycles. The van der Waals surface area contributed by atoms with Gasteiger partial charge in [-0.25, -0.2) is 4.98 Å². The number of pyridine rings is 1. The van der Waals surface area contributed by atoms with Crippen LogP contribution < -0.4 is 5.32 Å². The fourth-order valence-electron chi connectivity index (χ4n) is 3.76. The van der Waals surface area contributed by atoms with Gasteiger partial charge >= 0.3 is 0 Å². The average Bonchev–Trinajstić information content (AvgIpc) is 3.16. The minimum absolute atomic E-state index is 0.122. The molecule has 2 aromatic heterocycles. The standard InChI is InChI=1S/C20H19N3O2S/c1-12-17(20(25)23-16-9-2-3-10-21-16)19(15-8-5-11-26-15)18-13(22-12)6-4-7-14(18)24/h2-3,5,8-11,17,19H,4,6-7H2,1H3,(H,21,23,25)/t17?,19-/m1/s1. The molecule has 0 bridgehead atoms. The van der Waals surface area contributed by atoms with Gasteiger partial charge in [0.1, 0.15) is 5.82 Å². The molecule has 5 nitrogen and oxygen atoms in total. The molecule has 0 aromatic carbocycles. The van der Waals surface area contributed by atoms with E-state index in [1.54, 1.807) is 29.7 Å². The highest BCUT2D eigenvalue weighted by molar-refractivity contribution is 7.10. The number of ketones is 1. The van der Waals surface area contributed by atoms with Gasteiger partial charge < -0.3 is 5.32 Å². The van der Waals surface area contributed by atoms with E-state index in [1.165, 1.54) is 0 Å². The van der Waals surface area contributed by atoms with Gasteiger partial charge in [0.2, 0.25) is 5.91 Å². The van der Waals surface area contributed by atoms with Crippen LogP contribution in [0.3, 0.4) is 0 Å². The van der Waals surface area contributed by atoms with E-state index in [1.807, 2.05) is 30.5 Å². The van der Waals surface area contributed by atoms with Crippen LogP contribution >= 0.6 is 11.3 Å². The van der Waals surface area contributed by atoms with E-state index in [0.717, 1.165) is 34.7 Å². The molecule has 1 amide bonds. The zero-order valence-electron chi connectivity index (χ0n) is 14.4. The number of nitrogens with one attached hydrogen (secondary N) is 1. The molecule has 0 spiro atoms. The number of anilines is 1. The lowest BCUT2D eigenvalue weighted by Crippen LogP contribution is -2.39. The van der Waals surface area contributed by atoms with Crippen molar-refractivity contribution in [3.05, 3.63) is 58.1 Å². The summed E-state index contributed by atoms with van der Waals surface area (Å²) in [6.45, 7) is 1.88. The van der Waals surface area contributed by atoms with Crippen molar-refractivity contribution >= 4 is 34.6 Å². The molecule has 2 atom stereocenters. The number of hydrogen-bond acceptors (Lipinski definition) is 5. The van der Waals surface area contributed by atoms with Crippen molar-refractivity contribution in [1.29, 1.82) is 0 Å². The molecule has 0 fully saturated rings. The first-order valence-electron chi connectivity index (χ1n) is 8.72. The highest BCUT2D eigenvalue weighted by atomic mass is 32.1. The van der Waals surface area contributed by atoms with Crippen molar-refractivity contribution in [2.45, 2.75) is 32.1 Å². The van der Waals surface area contributed by atoms with E-state index in [-0.39, 0.29) is 17.6 Å². The van der Waals surface area contributed by atoms with E-state index < -0.39 is 5.92 Å². The summed E-state index contributed by atoms with van der Waals surface area (Å²) in [5.41, 5.74) is 2.34. The van der Waals surface area contributed by atoms with E-state index in [9.17, 15) is 9.59 Å². The van der Waals surface area contributed by atoms with E-state index in [2.05, 4.69) is 15.3 Å². The van der Waals surface area contributed by atoms with Crippen molar-refractivity contribution in [3.63, 3.8) is 0 Å². The van der Waals surface area contributed by atoms with Crippen LogP contribution in [0.1, 0.15) is 37.0 Å². The topological polar surface area (TPSA) is 71.4 Å². The van der Waals surface area contributed by atoms with Crippen molar-refractivity contribution < 1.29 is 9.59 Å². The number of Topliss-reactive ketones (excluding diaryl/α,β-unsaturated/α-hetero) is 1. The monoisotopic (exact) mass is 365 g/mol. The molecule has 26 heavy (non-hydrogen) atoms. The van der Waals surface area contributed by atoms with E-state index >= 15 is 0 Å². The number of carbonyl (C=O) groups excluding carboxylic acids is 2. The Morgan fingerprint density at radius 3 is 2.85 bits per heavy atom. The third-order valence-electron chi connectivity index (χ3n) is 4.88. The number of rotatable bonds is 3. The molecule has 0 saturated heterocycles. The Hall–Kier alpha value is -2.60. The van der Waals surface area contributed by atoms with Crippen LogP contribution in [0.5, 0.6) is 0 Å². The lowest BCUT2D eigenvalue weighted by molar-refractivity contribution is -0.119. The minimum Gasteiger partial charge on any atom is -0.310 e. The number of amides is 1. The van der Waals surface area contributed by atoms with E-state index in [0.29, 0.717) is 12.2 Å². The predicted molar refractivity (Wildman–Crippen MR) is 102 cm³/mol. The lowest BCUT2D eigenvalue weighted by atomic mass is 9.74. The van der Waals surface area contributed by atoms with Crippen molar-refractivity contribution in [1.82, 2.24) is 4.98 Å². The first kappa shape index (κ1) is 16.8. The molecular formula is C20H19N3O2S. The van der Waals surface area contributed by atoms with Crippen LogP contribution in [0.15, 0.2) is 58.2 Å². The summed E-state index contributed by atoms with van der Waals surface area (Å²) in [6, 6.07) is 9.34. The van der Waals surface area contributed by atoms with Gasteiger partial charge in [-0.15, -0.1) is 11.3 Å². The second-order valence-corrected chi connectivity index (χ2v) is 7.54. The molecule has 4 rings (SSSR count). The van der Waals surface area contributed by atoms with Gasteiger partial charge in [-0.2, -0.15) is 0 Å². The maximum Gasteiger partial charge on any atom is 0.235 e. The number of allylic oxidation sites excluding steroid dienone is 2. The van der Waals surface area contributed by atoms with Crippen LogP contribution in [0.4, 0.5) is 5.82 Å². The molecule has 0 radical (unpaired) electrons.